The van der Waals surface area contributed by atoms with Crippen molar-refractivity contribution in [2.24, 2.45) is 5.73 Å². The van der Waals surface area contributed by atoms with Gasteiger partial charge in [0.2, 0.25) is 0 Å². The van der Waals surface area contributed by atoms with Crippen LogP contribution in [-0.2, 0) is 16.1 Å². The SMILES string of the molecule is NC(=O)C(=O)c1cccc2c1c1c(OCC(=O)O)c3ccccc3cc1n2Cc1ccccc1. The minimum Gasteiger partial charge on any atom is -0.481 e. The summed E-state index contributed by atoms with van der Waals surface area (Å²) >= 11 is 0. The van der Waals surface area contributed by atoms with Gasteiger partial charge in [0.25, 0.3) is 11.7 Å². The first-order valence-electron chi connectivity index (χ1n) is 10.6. The molecule has 3 N–H and O–H groups in total. The molecule has 0 radical (unpaired) electrons. The Labute approximate surface area is 194 Å². The van der Waals surface area contributed by atoms with Gasteiger partial charge in [0.15, 0.2) is 6.61 Å². The Morgan fingerprint density at radius 1 is 0.853 bits per heavy atom. The van der Waals surface area contributed by atoms with E-state index in [4.69, 9.17) is 10.5 Å². The van der Waals surface area contributed by atoms with E-state index in [0.29, 0.717) is 34.0 Å². The number of nitrogens with two attached hydrogens (primary N) is 1. The Kier molecular flexibility index (Phi) is 5.22. The molecule has 1 aromatic heterocycles. The number of carboxylic acid groups (broad SMARTS) is 1. The van der Waals surface area contributed by atoms with Crippen LogP contribution in [0.25, 0.3) is 32.6 Å². The second kappa shape index (κ2) is 8.37. The molecule has 0 bridgehead atoms. The Morgan fingerprint density at radius 3 is 2.32 bits per heavy atom. The van der Waals surface area contributed by atoms with Crippen molar-refractivity contribution in [3.63, 3.8) is 0 Å². The second-order valence-corrected chi connectivity index (χ2v) is 7.97. The van der Waals surface area contributed by atoms with E-state index in [-0.39, 0.29) is 5.56 Å². The third kappa shape index (κ3) is 3.53. The summed E-state index contributed by atoms with van der Waals surface area (Å²) in [6.45, 7) is -0.0633. The molecular formula is C27H20N2O5. The summed E-state index contributed by atoms with van der Waals surface area (Å²) in [5.74, 6) is -2.66. The molecular weight excluding hydrogens is 432 g/mol. The van der Waals surface area contributed by atoms with Crippen LogP contribution in [0.15, 0.2) is 78.9 Å². The van der Waals surface area contributed by atoms with E-state index < -0.39 is 24.3 Å². The molecule has 0 saturated carbocycles. The highest BCUT2D eigenvalue weighted by Crippen LogP contribution is 2.42. The molecule has 0 aliphatic carbocycles. The smallest absolute Gasteiger partial charge is 0.341 e. The van der Waals surface area contributed by atoms with Gasteiger partial charge in [0.05, 0.1) is 16.4 Å². The lowest BCUT2D eigenvalue weighted by Gasteiger charge is -2.12. The highest BCUT2D eigenvalue weighted by atomic mass is 16.5. The Bertz CT molecular complexity index is 1600. The molecule has 0 unspecified atom stereocenters. The average Bonchev–Trinajstić information content (AvgIpc) is 3.15. The van der Waals surface area contributed by atoms with E-state index in [1.165, 1.54) is 0 Å². The van der Waals surface area contributed by atoms with Gasteiger partial charge in [0, 0.05) is 22.9 Å². The first-order valence-corrected chi connectivity index (χ1v) is 10.6. The third-order valence-electron chi connectivity index (χ3n) is 5.85. The van der Waals surface area contributed by atoms with E-state index in [1.807, 2.05) is 71.3 Å². The number of amides is 1. The topological polar surface area (TPSA) is 112 Å². The van der Waals surface area contributed by atoms with Crippen molar-refractivity contribution in [2.45, 2.75) is 6.54 Å². The van der Waals surface area contributed by atoms with E-state index in [2.05, 4.69) is 0 Å². The predicted molar refractivity (Wildman–Crippen MR) is 129 cm³/mol. The third-order valence-corrected chi connectivity index (χ3v) is 5.85. The zero-order valence-corrected chi connectivity index (χ0v) is 18.0. The standard InChI is InChI=1S/C27H20N2O5/c28-27(33)25(32)19-11-6-12-20-23(19)24-21(29(20)14-16-7-2-1-3-8-16)13-17-9-4-5-10-18(17)26(24)34-15-22(30)31/h1-13H,14-15H2,(H2,28,33)(H,30,31). The van der Waals surface area contributed by atoms with Gasteiger partial charge in [-0.3, -0.25) is 9.59 Å². The molecule has 0 saturated heterocycles. The maximum Gasteiger partial charge on any atom is 0.341 e. The molecule has 4 aromatic carbocycles. The van der Waals surface area contributed by atoms with Crippen LogP contribution in [-0.4, -0.2) is 33.9 Å². The molecule has 0 fully saturated rings. The van der Waals surface area contributed by atoms with Gasteiger partial charge in [-0.25, -0.2) is 4.79 Å². The van der Waals surface area contributed by atoms with Gasteiger partial charge in [-0.1, -0.05) is 66.7 Å². The molecule has 34 heavy (non-hydrogen) atoms. The maximum absolute atomic E-state index is 12.8. The largest absolute Gasteiger partial charge is 0.481 e. The second-order valence-electron chi connectivity index (χ2n) is 7.97. The van der Waals surface area contributed by atoms with Gasteiger partial charge in [-0.2, -0.15) is 0 Å². The fourth-order valence-corrected chi connectivity index (χ4v) is 4.45. The number of carboxylic acids is 1. The summed E-state index contributed by atoms with van der Waals surface area (Å²) in [6.07, 6.45) is 0. The monoisotopic (exact) mass is 452 g/mol. The van der Waals surface area contributed by atoms with Crippen molar-refractivity contribution < 1.29 is 24.2 Å². The number of nitrogens with zero attached hydrogens (tertiary/aromatic N) is 1. The first-order chi connectivity index (χ1) is 16.5. The van der Waals surface area contributed by atoms with Crippen molar-refractivity contribution in [3.05, 3.63) is 90.0 Å². The summed E-state index contributed by atoms with van der Waals surface area (Å²) in [4.78, 5) is 36.0. The van der Waals surface area contributed by atoms with E-state index in [0.717, 1.165) is 16.5 Å². The number of hydrogen-bond acceptors (Lipinski definition) is 4. The number of carbonyl (C=O) groups excluding carboxylic acids is 2. The molecule has 5 aromatic rings. The summed E-state index contributed by atoms with van der Waals surface area (Å²) < 4.78 is 7.86. The highest BCUT2D eigenvalue weighted by molar-refractivity contribution is 6.45. The zero-order valence-electron chi connectivity index (χ0n) is 18.0. The Balaban J connectivity index is 1.94. The number of hydrogen-bond donors (Lipinski definition) is 2. The van der Waals surface area contributed by atoms with Crippen molar-refractivity contribution in [1.82, 2.24) is 4.57 Å². The highest BCUT2D eigenvalue weighted by Gasteiger charge is 2.24. The molecule has 0 aliphatic rings. The molecule has 7 nitrogen and oxygen atoms in total. The quantitative estimate of drug-likeness (QED) is 0.285. The van der Waals surface area contributed by atoms with Crippen molar-refractivity contribution in [1.29, 1.82) is 0 Å². The number of benzene rings is 4. The normalized spacial score (nSPS) is 11.2. The van der Waals surface area contributed by atoms with Crippen LogP contribution in [0.3, 0.4) is 0 Å². The van der Waals surface area contributed by atoms with E-state index >= 15 is 0 Å². The molecule has 7 heteroatoms. The lowest BCUT2D eigenvalue weighted by Crippen LogP contribution is -2.23. The number of aliphatic carboxylic acids is 1. The van der Waals surface area contributed by atoms with Crippen LogP contribution in [0.1, 0.15) is 15.9 Å². The van der Waals surface area contributed by atoms with Gasteiger partial charge < -0.3 is 20.1 Å². The Hall–Kier alpha value is -4.65. The summed E-state index contributed by atoms with van der Waals surface area (Å²) in [7, 11) is 0. The fourth-order valence-electron chi connectivity index (χ4n) is 4.45. The molecule has 1 amide bonds. The van der Waals surface area contributed by atoms with Crippen LogP contribution >= 0.6 is 0 Å². The number of fused-ring (bicyclic) bond motifs is 4. The van der Waals surface area contributed by atoms with Crippen LogP contribution in [0.5, 0.6) is 5.75 Å². The van der Waals surface area contributed by atoms with Gasteiger partial charge in [-0.05, 0) is 23.1 Å². The zero-order chi connectivity index (χ0) is 23.8. The molecule has 168 valence electrons. The van der Waals surface area contributed by atoms with Crippen LogP contribution in [0, 0.1) is 0 Å². The number of carbonyl (C=O) groups is 3. The van der Waals surface area contributed by atoms with Crippen molar-refractivity contribution >= 4 is 50.2 Å². The number of ketones is 1. The number of ether oxygens (including phenoxy) is 1. The summed E-state index contributed by atoms with van der Waals surface area (Å²) in [6, 6.07) is 24.4. The van der Waals surface area contributed by atoms with Crippen molar-refractivity contribution in [3.8, 4) is 5.75 Å². The number of aromatic nitrogens is 1. The minimum absolute atomic E-state index is 0.150. The number of Topliss-reactive ketones (excluding diaryl/α,β-unsaturated/α-hetero) is 1. The summed E-state index contributed by atoms with van der Waals surface area (Å²) in [5, 5.41) is 11.9. The minimum atomic E-state index is -1.12. The number of primary amides is 1. The van der Waals surface area contributed by atoms with Gasteiger partial charge >= 0.3 is 5.97 Å². The lowest BCUT2D eigenvalue weighted by atomic mass is 9.99. The molecule has 1 heterocycles. The summed E-state index contributed by atoms with van der Waals surface area (Å²) in [5.41, 5.74) is 8.00. The molecule has 0 atom stereocenters. The van der Waals surface area contributed by atoms with Crippen molar-refractivity contribution in [2.75, 3.05) is 6.61 Å². The van der Waals surface area contributed by atoms with Crippen LogP contribution in [0.2, 0.25) is 0 Å². The van der Waals surface area contributed by atoms with E-state index in [9.17, 15) is 19.5 Å². The van der Waals surface area contributed by atoms with E-state index in [1.54, 1.807) is 12.1 Å². The molecule has 0 aliphatic heterocycles. The fraction of sp³-hybridized carbons (Fsp3) is 0.0741. The molecule has 5 rings (SSSR count). The maximum atomic E-state index is 12.8. The van der Waals surface area contributed by atoms with Crippen LogP contribution in [0.4, 0.5) is 0 Å². The van der Waals surface area contributed by atoms with Gasteiger partial charge in [-0.15, -0.1) is 0 Å². The average molecular weight is 452 g/mol. The molecule has 0 spiro atoms. The van der Waals surface area contributed by atoms with Gasteiger partial charge in [0.1, 0.15) is 5.75 Å². The Morgan fingerprint density at radius 2 is 1.59 bits per heavy atom. The first kappa shape index (κ1) is 21.2. The lowest BCUT2D eigenvalue weighted by molar-refractivity contribution is -0.139. The number of rotatable bonds is 7. The predicted octanol–water partition coefficient (Wildman–Crippen LogP) is 4.13. The van der Waals surface area contributed by atoms with Crippen LogP contribution < -0.4 is 10.5 Å².